The summed E-state index contributed by atoms with van der Waals surface area (Å²) in [7, 11) is -4.32. The van der Waals surface area contributed by atoms with E-state index in [-0.39, 0.29) is 138 Å². The number of carboxylic acid groups (broad SMARTS) is 1. The van der Waals surface area contributed by atoms with E-state index in [1.807, 2.05) is 18.7 Å². The number of aliphatic carboxylic acids is 1. The van der Waals surface area contributed by atoms with E-state index < -0.39 is 68.9 Å². The number of fused-ring (bicyclic) bond motifs is 10. The van der Waals surface area contributed by atoms with Crippen LogP contribution in [-0.2, 0) is 19.7 Å². The molecule has 20 atom stereocenters. The zero-order chi connectivity index (χ0) is 53.4. The number of carbonyl (C=O) groups excluding carboxylic acids is 1. The summed E-state index contributed by atoms with van der Waals surface area (Å²) in [5.41, 5.74) is -1.10. The van der Waals surface area contributed by atoms with Crippen molar-refractivity contribution in [2.75, 3.05) is 12.3 Å². The molecule has 17 heteroatoms. The first-order valence-corrected chi connectivity index (χ1v) is 30.5. The number of aliphatic hydroxyl groups is 4. The van der Waals surface area contributed by atoms with Crippen molar-refractivity contribution in [2.45, 2.75) is 238 Å². The average molecular weight is 1080 g/mol. The second-order valence-corrected chi connectivity index (χ2v) is 28.9. The minimum absolute atomic E-state index is 0. The molecule has 0 bridgehead atoms. The minimum atomic E-state index is -4.32. The monoisotopic (exact) mass is 1080 g/mol. The fourth-order valence-corrected chi connectivity index (χ4v) is 20.5. The number of amides is 1. The maximum absolute atomic E-state index is 14.8. The third kappa shape index (κ3) is 11.6. The van der Waals surface area contributed by atoms with E-state index in [0.717, 1.165) is 89.9 Å². The van der Waals surface area contributed by atoms with Crippen LogP contribution >= 0.6 is 0 Å². The van der Waals surface area contributed by atoms with Crippen LogP contribution in [0.3, 0.4) is 0 Å². The third-order valence-electron chi connectivity index (χ3n) is 23.7. The smallest absolute Gasteiger partial charge is 0.748 e. The molecule has 74 heavy (non-hydrogen) atoms. The fourth-order valence-electron chi connectivity index (χ4n) is 20.0. The van der Waals surface area contributed by atoms with E-state index in [1.54, 1.807) is 0 Å². The Kier molecular flexibility index (Phi) is 18.8. The molecule has 9 aliphatic rings. The first kappa shape index (κ1) is 61.0. The van der Waals surface area contributed by atoms with Gasteiger partial charge >= 0.3 is 35.5 Å². The number of nitrogens with zero attached hydrogens (tertiary/aromatic N) is 1. The summed E-state index contributed by atoms with van der Waals surface area (Å²) in [6, 6.07) is 0.112. The molecule has 0 aromatic heterocycles. The molecule has 9 rings (SSSR count). The molecule has 9 saturated carbocycles. The summed E-state index contributed by atoms with van der Waals surface area (Å²) in [6.07, 6.45) is 11.1. The topological polar surface area (TPSA) is 196 Å². The molecule has 0 saturated heterocycles. The van der Waals surface area contributed by atoms with Gasteiger partial charge in [-0.3, -0.25) is 9.59 Å². The van der Waals surface area contributed by atoms with E-state index in [9.17, 15) is 60.5 Å². The van der Waals surface area contributed by atoms with Crippen molar-refractivity contribution in [2.24, 2.45) is 92.7 Å². The first-order valence-electron chi connectivity index (χ1n) is 28.9. The number of hydrogen-bond donors (Lipinski definition) is 5. The van der Waals surface area contributed by atoms with E-state index in [1.165, 1.54) is 0 Å². The molecule has 11 nitrogen and oxygen atoms in total. The van der Waals surface area contributed by atoms with Gasteiger partial charge in [-0.05, 0) is 202 Å². The van der Waals surface area contributed by atoms with Gasteiger partial charge in [-0.25, -0.2) is 26.0 Å². The van der Waals surface area contributed by atoms with E-state index in [2.05, 4.69) is 27.7 Å². The quantitative estimate of drug-likeness (QED) is 0.0702. The molecule has 0 spiro atoms. The second kappa shape index (κ2) is 22.7. The van der Waals surface area contributed by atoms with Gasteiger partial charge in [-0.1, -0.05) is 60.8 Å². The summed E-state index contributed by atoms with van der Waals surface area (Å²) in [5.74, 6) is -5.37. The molecule has 9 aliphatic carbocycles. The normalized spacial score (nSPS) is 45.0. The van der Waals surface area contributed by atoms with Crippen molar-refractivity contribution in [1.82, 2.24) is 4.90 Å². The predicted octanol–water partition coefficient (Wildman–Crippen LogP) is 7.46. The maximum atomic E-state index is 14.8. The number of aliphatic hydroxyl groups excluding tert-OH is 4. The maximum Gasteiger partial charge on any atom is 1.00 e. The Morgan fingerprint density at radius 1 is 0.622 bits per heavy atom. The van der Waals surface area contributed by atoms with Gasteiger partial charge in [-0.15, -0.1) is 0 Å². The van der Waals surface area contributed by atoms with Crippen LogP contribution in [0.2, 0.25) is 0 Å². The van der Waals surface area contributed by atoms with Gasteiger partial charge in [0, 0.05) is 44.0 Å². The average Bonchev–Trinajstić information content (AvgIpc) is 3.85. The van der Waals surface area contributed by atoms with Crippen molar-refractivity contribution >= 4 is 22.0 Å². The zero-order valence-corrected chi connectivity index (χ0v) is 48.7. The van der Waals surface area contributed by atoms with Gasteiger partial charge in [0.2, 0.25) is 5.91 Å². The van der Waals surface area contributed by atoms with Crippen LogP contribution in [0.1, 0.15) is 196 Å². The van der Waals surface area contributed by atoms with Crippen LogP contribution in [0.15, 0.2) is 0 Å². The van der Waals surface area contributed by atoms with Gasteiger partial charge in [0.1, 0.15) is 12.2 Å². The third-order valence-corrected chi connectivity index (χ3v) is 24.5. The summed E-state index contributed by atoms with van der Waals surface area (Å²) in [5, 5.41) is 51.8. The Morgan fingerprint density at radius 2 is 1.04 bits per heavy atom. The molecular formula is C57H92F4NNaO10S. The minimum Gasteiger partial charge on any atom is -0.748 e. The number of halogens is 4. The Hall–Kier alpha value is -0.590. The van der Waals surface area contributed by atoms with E-state index in [4.69, 9.17) is 5.11 Å². The Morgan fingerprint density at radius 3 is 1.46 bits per heavy atom. The van der Waals surface area contributed by atoms with Gasteiger partial charge in [-0.2, -0.15) is 0 Å². The van der Waals surface area contributed by atoms with Crippen molar-refractivity contribution in [3.63, 3.8) is 0 Å². The predicted molar refractivity (Wildman–Crippen MR) is 268 cm³/mol. The Labute approximate surface area is 462 Å². The number of hydrogen-bond acceptors (Lipinski definition) is 9. The van der Waals surface area contributed by atoms with Gasteiger partial charge in [0.05, 0.1) is 22.3 Å². The van der Waals surface area contributed by atoms with Gasteiger partial charge < -0.3 is 35.0 Å². The summed E-state index contributed by atoms with van der Waals surface area (Å²) >= 11 is 0. The van der Waals surface area contributed by atoms with Crippen LogP contribution in [0.4, 0.5) is 17.6 Å². The molecule has 1 amide bonds. The van der Waals surface area contributed by atoms with Crippen molar-refractivity contribution in [3.8, 4) is 0 Å². The Bertz CT molecular complexity index is 2090. The molecule has 0 aromatic rings. The molecule has 9 fully saturated rings. The summed E-state index contributed by atoms with van der Waals surface area (Å²) in [4.78, 5) is 26.4. The van der Waals surface area contributed by atoms with Crippen LogP contribution < -0.4 is 29.6 Å². The molecule has 0 aliphatic heterocycles. The second-order valence-electron chi connectivity index (χ2n) is 27.3. The van der Waals surface area contributed by atoms with Crippen LogP contribution in [0.25, 0.3) is 0 Å². The number of carbonyl (C=O) groups is 2. The molecule has 5 N–H and O–H groups in total. The Balaban J connectivity index is 0.000000227. The van der Waals surface area contributed by atoms with Gasteiger partial charge in [0.15, 0.2) is 0 Å². The molecule has 420 valence electrons. The molecule has 0 radical (unpaired) electrons. The van der Waals surface area contributed by atoms with Crippen molar-refractivity contribution in [3.05, 3.63) is 0 Å². The number of rotatable bonds is 13. The van der Waals surface area contributed by atoms with Crippen molar-refractivity contribution < 1.29 is 95.2 Å². The van der Waals surface area contributed by atoms with Gasteiger partial charge in [0.25, 0.3) is 11.8 Å². The van der Waals surface area contributed by atoms with Crippen LogP contribution in [0.5, 0.6) is 0 Å². The number of alkyl halides is 4. The molecule has 0 heterocycles. The standard InChI is InChI=1S/C33H55F2NO6S.C24H38F2O4.Na/c1-21(10-13-29(39)36(16-7-17-43(40,41)42)23-8-5-4-6-9-23)24-11-12-25-30-26(14-15-31(24,25)2)32(3)20-33(34,35)28(38)19-22(32)18-27(30)37;1-13(4-7-20(29)30)15-5-6-16-21-17(8-9-22(15,16)2)23(3)12-24(25,26)19(28)11-14(23)10-18(21)27;/h21-28,30,37-38H,4-20H2,1-3H3,(H,40,41,42);13-19,21,27-28H,4-12H2,1-3H3,(H,29,30);/q;;+1/p-1/t21-,22-,24-,25?,26?,27+,28-,30?,31-,32+;13-,14-,15-,16?,17?,18+,19-,21?,22-,23+;/m11./s1. The van der Waals surface area contributed by atoms with E-state index in [0.29, 0.717) is 55.9 Å². The molecule has 6 unspecified atom stereocenters. The first-order chi connectivity index (χ1) is 34.0. The van der Waals surface area contributed by atoms with Crippen LogP contribution in [-0.4, -0.2) is 110 Å². The molecular weight excluding hydrogens is 990 g/mol. The fraction of sp³-hybridized carbons (Fsp3) is 0.965. The zero-order valence-electron chi connectivity index (χ0n) is 45.8. The summed E-state index contributed by atoms with van der Waals surface area (Å²) in [6.45, 7) is 13.3. The largest absolute Gasteiger partial charge is 1.00 e. The molecule has 0 aromatic carbocycles. The van der Waals surface area contributed by atoms with Crippen LogP contribution in [0, 0.1) is 92.7 Å². The summed E-state index contributed by atoms with van der Waals surface area (Å²) < 4.78 is 92.4. The van der Waals surface area contributed by atoms with Crippen molar-refractivity contribution in [1.29, 1.82) is 0 Å². The number of carboxylic acids is 1. The SMILES string of the molecule is C[C@H](CCC(=O)N(CCCS(=O)(=O)[O-])C1CCCCC1)[C@H]1CCC2C3C(CC[C@@]21C)[C@@]1(C)CC(F)(F)[C@H](O)C[C@H]1C[C@@H]3O.C[C@H](CCC(=O)O)[C@H]1CCC2C3C(CC[C@@]21C)[C@@]1(C)CC(F)(F)[C@H](O)C[C@H]1C[C@@H]3O.[Na+]. The van der Waals surface area contributed by atoms with E-state index >= 15 is 0 Å².